The Kier molecular flexibility index (Phi) is 6.02. The summed E-state index contributed by atoms with van der Waals surface area (Å²) in [6, 6.07) is 13.6. The Morgan fingerprint density at radius 3 is 2.00 bits per heavy atom. The molecule has 0 saturated heterocycles. The average Bonchev–Trinajstić information content (AvgIpc) is 2.50. The van der Waals surface area contributed by atoms with E-state index in [4.69, 9.17) is 28.3 Å². The van der Waals surface area contributed by atoms with Crippen molar-refractivity contribution >= 4 is 40.8 Å². The summed E-state index contributed by atoms with van der Waals surface area (Å²) in [5.74, 6) is -2.04. The molecule has 1 amide bonds. The summed E-state index contributed by atoms with van der Waals surface area (Å²) in [6.07, 6.45) is 0.0743. The molecule has 0 aromatic heterocycles. The lowest BCUT2D eigenvalue weighted by atomic mass is 9.95. The fourth-order valence-electron chi connectivity index (χ4n) is 2.15. The summed E-state index contributed by atoms with van der Waals surface area (Å²) in [4.78, 5) is 23.4. The molecule has 4 nitrogen and oxygen atoms in total. The molecular weight excluding hydrogens is 337 g/mol. The van der Waals surface area contributed by atoms with E-state index in [9.17, 15) is 9.59 Å². The van der Waals surface area contributed by atoms with E-state index in [1.807, 2.05) is 0 Å². The normalized spacial score (nSPS) is 11.7. The van der Waals surface area contributed by atoms with E-state index < -0.39 is 11.9 Å². The maximum absolute atomic E-state index is 12.4. The molecular formula is C17H15Cl2NO3. The Labute approximate surface area is 144 Å². The van der Waals surface area contributed by atoms with E-state index in [0.717, 1.165) is 5.56 Å². The lowest BCUT2D eigenvalue weighted by Crippen LogP contribution is -2.27. The van der Waals surface area contributed by atoms with Crippen molar-refractivity contribution in [2.75, 3.05) is 5.32 Å². The topological polar surface area (TPSA) is 66.4 Å². The van der Waals surface area contributed by atoms with Crippen molar-refractivity contribution in [3.05, 3.63) is 64.1 Å². The second kappa shape index (κ2) is 7.99. The van der Waals surface area contributed by atoms with Crippen molar-refractivity contribution in [2.45, 2.75) is 12.8 Å². The number of carboxylic acid groups (broad SMARTS) is 1. The Balaban J connectivity index is 2.09. The van der Waals surface area contributed by atoms with Crippen molar-refractivity contribution in [2.24, 2.45) is 5.92 Å². The molecule has 0 spiro atoms. The molecule has 2 aromatic rings. The monoisotopic (exact) mass is 351 g/mol. The number of rotatable bonds is 6. The lowest BCUT2D eigenvalue weighted by Gasteiger charge is -2.15. The van der Waals surface area contributed by atoms with Gasteiger partial charge in [-0.2, -0.15) is 0 Å². The van der Waals surface area contributed by atoms with Crippen LogP contribution in [0.3, 0.4) is 0 Å². The average molecular weight is 352 g/mol. The lowest BCUT2D eigenvalue weighted by molar-refractivity contribution is -0.140. The molecule has 120 valence electrons. The minimum atomic E-state index is -1.02. The maximum atomic E-state index is 12.4. The van der Waals surface area contributed by atoms with Crippen molar-refractivity contribution in [1.29, 1.82) is 0 Å². The molecule has 2 aromatic carbocycles. The first-order chi connectivity index (χ1) is 10.9. The first-order valence-electron chi connectivity index (χ1n) is 6.96. The van der Waals surface area contributed by atoms with Crippen LogP contribution < -0.4 is 5.32 Å². The molecule has 1 unspecified atom stereocenters. The number of hydrogen-bond donors (Lipinski definition) is 2. The molecule has 2 rings (SSSR count). The van der Waals surface area contributed by atoms with Gasteiger partial charge >= 0.3 is 5.97 Å². The molecule has 0 bridgehead atoms. The Hall–Kier alpha value is -2.04. The van der Waals surface area contributed by atoms with Gasteiger partial charge in [0.25, 0.3) is 0 Å². The number of carbonyl (C=O) groups excluding carboxylic acids is 1. The molecule has 0 fully saturated rings. The third-order valence-electron chi connectivity index (χ3n) is 3.30. The molecule has 2 N–H and O–H groups in total. The summed E-state index contributed by atoms with van der Waals surface area (Å²) in [5.41, 5.74) is 1.43. The smallest absolute Gasteiger partial charge is 0.304 e. The standard InChI is InChI=1S/C17H15Cl2NO3/c18-13-3-1-11(2-4-13)9-12(10-16(21)22)17(23)20-15-7-5-14(19)6-8-15/h1-8,12H,9-10H2,(H,20,23)(H,21,22). The van der Waals surface area contributed by atoms with Gasteiger partial charge in [-0.15, -0.1) is 0 Å². The van der Waals surface area contributed by atoms with Gasteiger partial charge in [-0.3, -0.25) is 9.59 Å². The SMILES string of the molecule is O=C(O)CC(Cc1ccc(Cl)cc1)C(=O)Nc1ccc(Cl)cc1. The zero-order valence-electron chi connectivity index (χ0n) is 12.1. The van der Waals surface area contributed by atoms with E-state index in [1.165, 1.54) is 0 Å². The highest BCUT2D eigenvalue weighted by Crippen LogP contribution is 2.19. The number of aliphatic carboxylic acids is 1. The van der Waals surface area contributed by atoms with Crippen LogP contribution >= 0.6 is 23.2 Å². The van der Waals surface area contributed by atoms with Crippen LogP contribution in [0.4, 0.5) is 5.69 Å². The summed E-state index contributed by atoms with van der Waals surface area (Å²) >= 11 is 11.6. The van der Waals surface area contributed by atoms with Crippen LogP contribution in [0.2, 0.25) is 10.0 Å². The molecule has 0 saturated carbocycles. The van der Waals surface area contributed by atoms with Crippen LogP contribution in [0.25, 0.3) is 0 Å². The molecule has 6 heteroatoms. The van der Waals surface area contributed by atoms with Crippen LogP contribution in [0.5, 0.6) is 0 Å². The maximum Gasteiger partial charge on any atom is 0.304 e. The number of hydrogen-bond acceptors (Lipinski definition) is 2. The predicted octanol–water partition coefficient (Wildman–Crippen LogP) is 4.27. The third kappa shape index (κ3) is 5.58. The number of benzene rings is 2. The molecule has 23 heavy (non-hydrogen) atoms. The molecule has 0 aliphatic carbocycles. The van der Waals surface area contributed by atoms with Gasteiger partial charge in [-0.1, -0.05) is 35.3 Å². The van der Waals surface area contributed by atoms with Gasteiger partial charge in [0, 0.05) is 15.7 Å². The van der Waals surface area contributed by atoms with E-state index >= 15 is 0 Å². The number of carbonyl (C=O) groups is 2. The van der Waals surface area contributed by atoms with Gasteiger partial charge in [0.15, 0.2) is 0 Å². The second-order valence-electron chi connectivity index (χ2n) is 5.12. The largest absolute Gasteiger partial charge is 0.481 e. The van der Waals surface area contributed by atoms with Gasteiger partial charge in [0.05, 0.1) is 12.3 Å². The summed E-state index contributed by atoms with van der Waals surface area (Å²) in [7, 11) is 0. The third-order valence-corrected chi connectivity index (χ3v) is 3.80. The van der Waals surface area contributed by atoms with E-state index in [-0.39, 0.29) is 12.3 Å². The predicted molar refractivity (Wildman–Crippen MR) is 91.0 cm³/mol. The number of halogens is 2. The summed E-state index contributed by atoms with van der Waals surface area (Å²) in [6.45, 7) is 0. The Bertz CT molecular complexity index is 684. The van der Waals surface area contributed by atoms with Crippen molar-refractivity contribution < 1.29 is 14.7 Å². The van der Waals surface area contributed by atoms with E-state index in [1.54, 1.807) is 48.5 Å². The summed E-state index contributed by atoms with van der Waals surface area (Å²) in [5, 5.41) is 12.9. The van der Waals surface area contributed by atoms with Gasteiger partial charge in [-0.05, 0) is 48.4 Å². The van der Waals surface area contributed by atoms with Crippen LogP contribution in [-0.4, -0.2) is 17.0 Å². The van der Waals surface area contributed by atoms with Gasteiger partial charge in [-0.25, -0.2) is 0 Å². The van der Waals surface area contributed by atoms with E-state index in [2.05, 4.69) is 5.32 Å². The number of anilines is 1. The first-order valence-corrected chi connectivity index (χ1v) is 7.72. The van der Waals surface area contributed by atoms with E-state index in [0.29, 0.717) is 22.2 Å². The minimum Gasteiger partial charge on any atom is -0.481 e. The summed E-state index contributed by atoms with van der Waals surface area (Å²) < 4.78 is 0. The zero-order valence-corrected chi connectivity index (χ0v) is 13.6. The highest BCUT2D eigenvalue weighted by molar-refractivity contribution is 6.30. The quantitative estimate of drug-likeness (QED) is 0.816. The number of amides is 1. The first kappa shape index (κ1) is 17.3. The molecule has 0 aliphatic heterocycles. The molecule has 1 atom stereocenters. The van der Waals surface area contributed by atoms with Crippen molar-refractivity contribution in [3.8, 4) is 0 Å². The Morgan fingerprint density at radius 2 is 1.48 bits per heavy atom. The second-order valence-corrected chi connectivity index (χ2v) is 5.99. The van der Waals surface area contributed by atoms with Crippen LogP contribution in [0.1, 0.15) is 12.0 Å². The highest BCUT2D eigenvalue weighted by Gasteiger charge is 2.22. The van der Waals surface area contributed by atoms with Crippen molar-refractivity contribution in [1.82, 2.24) is 0 Å². The van der Waals surface area contributed by atoms with Gasteiger partial charge in [0.2, 0.25) is 5.91 Å². The van der Waals surface area contributed by atoms with Gasteiger partial charge in [0.1, 0.15) is 0 Å². The van der Waals surface area contributed by atoms with Crippen LogP contribution in [0.15, 0.2) is 48.5 Å². The zero-order chi connectivity index (χ0) is 16.8. The molecule has 0 heterocycles. The van der Waals surface area contributed by atoms with Gasteiger partial charge < -0.3 is 10.4 Å². The molecule has 0 aliphatic rings. The highest BCUT2D eigenvalue weighted by atomic mass is 35.5. The van der Waals surface area contributed by atoms with Crippen LogP contribution in [0, 0.1) is 5.92 Å². The molecule has 0 radical (unpaired) electrons. The Morgan fingerprint density at radius 1 is 0.957 bits per heavy atom. The number of carboxylic acids is 1. The number of nitrogens with one attached hydrogen (secondary N) is 1. The van der Waals surface area contributed by atoms with Crippen molar-refractivity contribution in [3.63, 3.8) is 0 Å². The fourth-order valence-corrected chi connectivity index (χ4v) is 2.40. The van der Waals surface area contributed by atoms with Crippen LogP contribution in [-0.2, 0) is 16.0 Å². The fraction of sp³-hybridized carbons (Fsp3) is 0.176. The minimum absolute atomic E-state index is 0.248.